The fourth-order valence-corrected chi connectivity index (χ4v) is 2.41. The number of aryl methyl sites for hydroxylation is 2. The molecule has 0 bridgehead atoms. The first-order valence-electron chi connectivity index (χ1n) is 8.79. The number of carbonyl (C=O) groups is 2. The summed E-state index contributed by atoms with van der Waals surface area (Å²) in [6.45, 7) is 13.6. The molecule has 0 aliphatic rings. The fraction of sp³-hybridized carbons (Fsp3) is 0.600. The first-order chi connectivity index (χ1) is 11.9. The van der Waals surface area contributed by atoms with Crippen LogP contribution in [0.25, 0.3) is 0 Å². The molecule has 0 atom stereocenters. The molecule has 2 N–H and O–H groups in total. The van der Waals surface area contributed by atoms with Crippen molar-refractivity contribution >= 4 is 11.9 Å². The highest BCUT2D eigenvalue weighted by molar-refractivity contribution is 5.79. The summed E-state index contributed by atoms with van der Waals surface area (Å²) in [5, 5.41) is 5.66. The molecule has 0 saturated carbocycles. The molecule has 1 rings (SSSR count). The Hall–Kier alpha value is -2.08. The van der Waals surface area contributed by atoms with Crippen molar-refractivity contribution in [1.29, 1.82) is 0 Å². The van der Waals surface area contributed by atoms with Crippen LogP contribution in [-0.4, -0.2) is 36.7 Å². The molecule has 1 aromatic carbocycles. The highest BCUT2D eigenvalue weighted by Crippen LogP contribution is 2.29. The Kier molecular flexibility index (Phi) is 7.21. The molecule has 0 aromatic heterocycles. The van der Waals surface area contributed by atoms with E-state index in [1.165, 1.54) is 0 Å². The van der Waals surface area contributed by atoms with Gasteiger partial charge in [0.25, 0.3) is 0 Å². The molecule has 26 heavy (non-hydrogen) atoms. The first kappa shape index (κ1) is 22.0. The minimum atomic E-state index is -1.10. The number of esters is 1. The largest absolute Gasteiger partial charge is 0.476 e. The van der Waals surface area contributed by atoms with Crippen LogP contribution >= 0.6 is 0 Å². The molecule has 1 amide bonds. The normalized spacial score (nSPS) is 11.8. The second-order valence-electron chi connectivity index (χ2n) is 7.95. The number of amides is 1. The fourth-order valence-electron chi connectivity index (χ4n) is 2.41. The van der Waals surface area contributed by atoms with E-state index in [1.807, 2.05) is 46.8 Å². The van der Waals surface area contributed by atoms with E-state index in [1.54, 1.807) is 20.9 Å². The molecule has 0 aliphatic heterocycles. The third kappa shape index (κ3) is 6.67. The average Bonchev–Trinajstić information content (AvgIpc) is 2.49. The number of nitrogens with one attached hydrogen (secondary N) is 2. The van der Waals surface area contributed by atoms with Crippen LogP contribution in [0.5, 0.6) is 5.75 Å². The van der Waals surface area contributed by atoms with E-state index < -0.39 is 17.2 Å². The molecule has 6 nitrogen and oxygen atoms in total. The lowest BCUT2D eigenvalue weighted by Gasteiger charge is -2.30. The van der Waals surface area contributed by atoms with E-state index in [2.05, 4.69) is 10.6 Å². The lowest BCUT2D eigenvalue weighted by atomic mass is 10.0. The Morgan fingerprint density at radius 3 is 2.04 bits per heavy atom. The van der Waals surface area contributed by atoms with Crippen LogP contribution in [0.4, 0.5) is 0 Å². The summed E-state index contributed by atoms with van der Waals surface area (Å²) >= 11 is 0. The Balaban J connectivity index is 2.87. The molecular weight excluding hydrogens is 332 g/mol. The Morgan fingerprint density at radius 2 is 1.58 bits per heavy atom. The minimum Gasteiger partial charge on any atom is -0.476 e. The second-order valence-corrected chi connectivity index (χ2v) is 7.95. The van der Waals surface area contributed by atoms with Crippen LogP contribution in [0, 0.1) is 13.8 Å². The summed E-state index contributed by atoms with van der Waals surface area (Å²) in [5.74, 6) is 0.216. The van der Waals surface area contributed by atoms with Gasteiger partial charge in [-0.1, -0.05) is 12.1 Å². The summed E-state index contributed by atoms with van der Waals surface area (Å²) in [5.41, 5.74) is 1.24. The number of hydrogen-bond donors (Lipinski definition) is 2. The monoisotopic (exact) mass is 364 g/mol. The molecule has 0 unspecified atom stereocenters. The van der Waals surface area contributed by atoms with Gasteiger partial charge < -0.3 is 20.1 Å². The van der Waals surface area contributed by atoms with Gasteiger partial charge in [0.2, 0.25) is 5.91 Å². The highest BCUT2D eigenvalue weighted by Gasteiger charge is 2.35. The smallest absolute Gasteiger partial charge is 0.350 e. The van der Waals surface area contributed by atoms with Gasteiger partial charge in [-0.25, -0.2) is 4.79 Å². The Bertz CT molecular complexity index is 637. The second kappa shape index (κ2) is 8.54. The van der Waals surface area contributed by atoms with Crippen molar-refractivity contribution in [3.8, 4) is 5.75 Å². The summed E-state index contributed by atoms with van der Waals surface area (Å²) in [6.07, 6.45) is 0. The maximum atomic E-state index is 12.4. The molecule has 1 aromatic rings. The zero-order valence-electron chi connectivity index (χ0n) is 17.2. The molecular formula is C20H32N2O4. The lowest BCUT2D eigenvalue weighted by molar-refractivity contribution is -0.171. The van der Waals surface area contributed by atoms with Crippen LogP contribution in [0.2, 0.25) is 0 Å². The number of carbonyl (C=O) groups excluding carboxylic acids is 2. The summed E-state index contributed by atoms with van der Waals surface area (Å²) in [4.78, 5) is 23.7. The van der Waals surface area contributed by atoms with Gasteiger partial charge in [-0.2, -0.15) is 0 Å². The maximum absolute atomic E-state index is 12.4. The van der Waals surface area contributed by atoms with Crippen molar-refractivity contribution in [2.24, 2.45) is 0 Å². The summed E-state index contributed by atoms with van der Waals surface area (Å²) in [7, 11) is 1.61. The van der Waals surface area contributed by atoms with Crippen LogP contribution in [0.3, 0.4) is 0 Å². The third-order valence-electron chi connectivity index (χ3n) is 3.66. The molecule has 0 radical (unpaired) electrons. The van der Waals surface area contributed by atoms with Crippen LogP contribution in [-0.2, 0) is 20.9 Å². The topological polar surface area (TPSA) is 76.7 Å². The molecule has 0 saturated heterocycles. The maximum Gasteiger partial charge on any atom is 0.350 e. The van der Waals surface area contributed by atoms with Gasteiger partial charge in [-0.15, -0.1) is 0 Å². The minimum absolute atomic E-state index is 0.0579. The van der Waals surface area contributed by atoms with Gasteiger partial charge >= 0.3 is 5.97 Å². The van der Waals surface area contributed by atoms with Gasteiger partial charge in [0.05, 0.1) is 6.54 Å². The van der Waals surface area contributed by atoms with Gasteiger partial charge in [0.15, 0.2) is 5.60 Å². The van der Waals surface area contributed by atoms with E-state index in [4.69, 9.17) is 9.47 Å². The van der Waals surface area contributed by atoms with Gasteiger partial charge in [0, 0.05) is 13.6 Å². The summed E-state index contributed by atoms with van der Waals surface area (Å²) < 4.78 is 11.5. The van der Waals surface area contributed by atoms with Crippen molar-refractivity contribution < 1.29 is 19.1 Å². The standard InChI is InChI=1S/C20H32N2O4/c1-13-9-15(11-22-12-16(23)21-8)10-14(2)17(13)25-20(6,7)18(24)26-19(3,4)5/h9-10,22H,11-12H2,1-8H3,(H,21,23). The van der Waals surface area contributed by atoms with Crippen molar-refractivity contribution in [3.05, 3.63) is 28.8 Å². The van der Waals surface area contributed by atoms with Gasteiger partial charge in [-0.3, -0.25) is 4.79 Å². The van der Waals surface area contributed by atoms with Crippen LogP contribution < -0.4 is 15.4 Å². The lowest BCUT2D eigenvalue weighted by Crippen LogP contribution is -2.43. The Labute approximate surface area is 156 Å². The van der Waals surface area contributed by atoms with E-state index in [-0.39, 0.29) is 12.5 Å². The van der Waals surface area contributed by atoms with Gasteiger partial charge in [0.1, 0.15) is 11.4 Å². The third-order valence-corrected chi connectivity index (χ3v) is 3.66. The number of likely N-dealkylation sites (N-methyl/N-ethyl adjacent to an activating group) is 1. The number of hydrogen-bond acceptors (Lipinski definition) is 5. The van der Waals surface area contributed by atoms with E-state index in [0.717, 1.165) is 16.7 Å². The van der Waals surface area contributed by atoms with Gasteiger partial charge in [-0.05, 0) is 65.2 Å². The van der Waals surface area contributed by atoms with Crippen molar-refractivity contribution in [1.82, 2.24) is 10.6 Å². The summed E-state index contributed by atoms with van der Waals surface area (Å²) in [6, 6.07) is 3.98. The van der Waals surface area contributed by atoms with Crippen LogP contribution in [0.15, 0.2) is 12.1 Å². The zero-order valence-corrected chi connectivity index (χ0v) is 17.2. The highest BCUT2D eigenvalue weighted by atomic mass is 16.6. The van der Waals surface area contributed by atoms with E-state index in [9.17, 15) is 9.59 Å². The molecule has 146 valence electrons. The van der Waals surface area contributed by atoms with Crippen molar-refractivity contribution in [2.45, 2.75) is 66.2 Å². The van der Waals surface area contributed by atoms with Crippen LogP contribution in [0.1, 0.15) is 51.3 Å². The number of benzene rings is 1. The molecule has 0 heterocycles. The first-order valence-corrected chi connectivity index (χ1v) is 8.79. The average molecular weight is 364 g/mol. The quantitative estimate of drug-likeness (QED) is 0.728. The molecule has 6 heteroatoms. The zero-order chi connectivity index (χ0) is 20.1. The Morgan fingerprint density at radius 1 is 1.04 bits per heavy atom. The predicted octanol–water partition coefficient (Wildman–Crippen LogP) is 2.64. The molecule has 0 aliphatic carbocycles. The number of rotatable bonds is 7. The van der Waals surface area contributed by atoms with E-state index in [0.29, 0.717) is 12.3 Å². The van der Waals surface area contributed by atoms with Crippen molar-refractivity contribution in [2.75, 3.05) is 13.6 Å². The van der Waals surface area contributed by atoms with Crippen molar-refractivity contribution in [3.63, 3.8) is 0 Å². The molecule has 0 spiro atoms. The number of ether oxygens (including phenoxy) is 2. The SMILES string of the molecule is CNC(=O)CNCc1cc(C)c(OC(C)(C)C(=O)OC(C)(C)C)c(C)c1. The van der Waals surface area contributed by atoms with E-state index >= 15 is 0 Å². The molecule has 0 fully saturated rings. The predicted molar refractivity (Wildman–Crippen MR) is 102 cm³/mol.